The van der Waals surface area contributed by atoms with Gasteiger partial charge in [-0.15, -0.1) is 0 Å². The average Bonchev–Trinajstić information content (AvgIpc) is 2.44. The number of hydrogen-bond donors (Lipinski definition) is 1. The van der Waals surface area contributed by atoms with Crippen molar-refractivity contribution in [2.45, 2.75) is 19.8 Å². The molecule has 2 aromatic rings. The first-order chi connectivity index (χ1) is 9.22. The van der Waals surface area contributed by atoms with Crippen molar-refractivity contribution >= 4 is 17.5 Å². The second-order valence-corrected chi connectivity index (χ2v) is 4.50. The number of halogens is 1. The van der Waals surface area contributed by atoms with E-state index in [-0.39, 0.29) is 0 Å². The summed E-state index contributed by atoms with van der Waals surface area (Å²) in [7, 11) is 1.74. The van der Waals surface area contributed by atoms with Gasteiger partial charge in [0, 0.05) is 7.05 Å². The van der Waals surface area contributed by atoms with E-state index >= 15 is 0 Å². The topological polar surface area (TPSA) is 47.0 Å². The minimum absolute atomic E-state index is 0.351. The molecule has 0 fully saturated rings. The minimum atomic E-state index is 0.351. The number of aromatic nitrogens is 2. The highest BCUT2D eigenvalue weighted by Gasteiger charge is 2.07. The van der Waals surface area contributed by atoms with Crippen molar-refractivity contribution in [3.63, 3.8) is 0 Å². The highest BCUT2D eigenvalue weighted by atomic mass is 35.5. The molecular weight excluding hydrogens is 262 g/mol. The monoisotopic (exact) mass is 277 g/mol. The molecule has 0 atom stereocenters. The first-order valence-corrected chi connectivity index (χ1v) is 6.57. The molecule has 0 radical (unpaired) electrons. The number of nitrogens with one attached hydrogen (secondary N) is 1. The number of hydrogen-bond acceptors (Lipinski definition) is 4. The van der Waals surface area contributed by atoms with E-state index in [2.05, 4.69) is 22.2 Å². The summed E-state index contributed by atoms with van der Waals surface area (Å²) in [5, 5.41) is 3.23. The zero-order valence-corrected chi connectivity index (χ0v) is 11.7. The molecule has 19 heavy (non-hydrogen) atoms. The Hall–Kier alpha value is -1.81. The second kappa shape index (κ2) is 6.38. The van der Waals surface area contributed by atoms with Crippen LogP contribution >= 0.6 is 11.6 Å². The molecule has 5 heteroatoms. The summed E-state index contributed by atoms with van der Waals surface area (Å²) >= 11 is 6.01. The van der Waals surface area contributed by atoms with Gasteiger partial charge in [0.25, 0.3) is 0 Å². The Morgan fingerprint density at radius 1 is 1.26 bits per heavy atom. The van der Waals surface area contributed by atoms with Crippen molar-refractivity contribution < 1.29 is 4.74 Å². The fraction of sp³-hybridized carbons (Fsp3) is 0.286. The van der Waals surface area contributed by atoms with Crippen LogP contribution in [0.3, 0.4) is 0 Å². The third-order valence-electron chi connectivity index (χ3n) is 2.61. The van der Waals surface area contributed by atoms with Gasteiger partial charge in [-0.25, -0.2) is 4.98 Å². The van der Waals surface area contributed by atoms with Crippen molar-refractivity contribution in [2.24, 2.45) is 0 Å². The maximum Gasteiger partial charge on any atom is 0.243 e. The zero-order chi connectivity index (χ0) is 13.7. The van der Waals surface area contributed by atoms with Crippen LogP contribution < -0.4 is 10.1 Å². The first kappa shape index (κ1) is 13.6. The Bertz CT molecular complexity index is 543. The van der Waals surface area contributed by atoms with Crippen LogP contribution in [0.2, 0.25) is 5.02 Å². The summed E-state index contributed by atoms with van der Waals surface area (Å²) in [4.78, 5) is 8.17. The van der Waals surface area contributed by atoms with E-state index in [0.717, 1.165) is 12.8 Å². The zero-order valence-electron chi connectivity index (χ0n) is 11.0. The summed E-state index contributed by atoms with van der Waals surface area (Å²) in [6, 6.07) is 7.94. The van der Waals surface area contributed by atoms with E-state index in [4.69, 9.17) is 16.3 Å². The lowest BCUT2D eigenvalue weighted by molar-refractivity contribution is 0.462. The van der Waals surface area contributed by atoms with Crippen molar-refractivity contribution in [2.75, 3.05) is 12.4 Å². The molecule has 4 nitrogen and oxygen atoms in total. The number of aryl methyl sites for hydroxylation is 1. The van der Waals surface area contributed by atoms with Crippen LogP contribution in [0.1, 0.15) is 18.9 Å². The summed E-state index contributed by atoms with van der Waals surface area (Å²) in [6.07, 6.45) is 3.71. The molecule has 0 aliphatic rings. The largest absolute Gasteiger partial charge is 0.437 e. The maximum absolute atomic E-state index is 6.01. The van der Waals surface area contributed by atoms with E-state index in [1.54, 1.807) is 7.05 Å². The summed E-state index contributed by atoms with van der Waals surface area (Å²) in [6.45, 7) is 2.16. The normalized spacial score (nSPS) is 10.3. The SMILES string of the molecule is CCCc1ccc(Oc2nc(NC)ncc2Cl)cc1. The standard InChI is InChI=1S/C14H16ClN3O/c1-3-4-10-5-7-11(8-6-10)19-13-12(15)9-17-14(16-2)18-13/h5-9H,3-4H2,1-2H3,(H,16,17,18). The molecule has 0 saturated heterocycles. The molecule has 2 rings (SSSR count). The highest BCUT2D eigenvalue weighted by Crippen LogP contribution is 2.27. The molecule has 1 heterocycles. The predicted octanol–water partition coefficient (Wildman–Crippen LogP) is 3.92. The third kappa shape index (κ3) is 3.58. The Balaban J connectivity index is 2.16. The molecule has 0 amide bonds. The van der Waals surface area contributed by atoms with Gasteiger partial charge in [-0.3, -0.25) is 0 Å². The molecule has 100 valence electrons. The van der Waals surface area contributed by atoms with Gasteiger partial charge in [0.15, 0.2) is 0 Å². The molecule has 0 aliphatic heterocycles. The highest BCUT2D eigenvalue weighted by molar-refractivity contribution is 6.31. The molecule has 0 bridgehead atoms. The van der Waals surface area contributed by atoms with Crippen molar-refractivity contribution in [1.82, 2.24) is 9.97 Å². The van der Waals surface area contributed by atoms with Gasteiger partial charge >= 0.3 is 0 Å². The second-order valence-electron chi connectivity index (χ2n) is 4.09. The third-order valence-corrected chi connectivity index (χ3v) is 2.87. The number of benzene rings is 1. The van der Waals surface area contributed by atoms with Crippen LogP contribution in [0.15, 0.2) is 30.5 Å². The number of rotatable bonds is 5. The van der Waals surface area contributed by atoms with Gasteiger partial charge in [-0.2, -0.15) is 4.98 Å². The fourth-order valence-electron chi connectivity index (χ4n) is 1.67. The van der Waals surface area contributed by atoms with E-state index < -0.39 is 0 Å². The van der Waals surface area contributed by atoms with Crippen LogP contribution in [-0.2, 0) is 6.42 Å². The van der Waals surface area contributed by atoms with Crippen LogP contribution in [0, 0.1) is 0 Å². The predicted molar refractivity (Wildman–Crippen MR) is 77.1 cm³/mol. The summed E-state index contributed by atoms with van der Waals surface area (Å²) < 4.78 is 5.66. The molecular formula is C14H16ClN3O. The van der Waals surface area contributed by atoms with E-state index in [0.29, 0.717) is 22.6 Å². The summed E-state index contributed by atoms with van der Waals surface area (Å²) in [5.41, 5.74) is 1.29. The van der Waals surface area contributed by atoms with Gasteiger partial charge in [-0.1, -0.05) is 37.1 Å². The lowest BCUT2D eigenvalue weighted by Crippen LogP contribution is -1.98. The van der Waals surface area contributed by atoms with Gasteiger partial charge in [0.05, 0.1) is 6.20 Å². The van der Waals surface area contributed by atoms with E-state index in [9.17, 15) is 0 Å². The van der Waals surface area contributed by atoms with Crippen molar-refractivity contribution in [3.05, 3.63) is 41.0 Å². The molecule has 1 N–H and O–H groups in total. The Morgan fingerprint density at radius 2 is 2.00 bits per heavy atom. The van der Waals surface area contributed by atoms with Crippen LogP contribution in [0.5, 0.6) is 11.6 Å². The molecule has 0 unspecified atom stereocenters. The van der Waals surface area contributed by atoms with Crippen LogP contribution in [-0.4, -0.2) is 17.0 Å². The van der Waals surface area contributed by atoms with E-state index in [1.165, 1.54) is 11.8 Å². The lowest BCUT2D eigenvalue weighted by Gasteiger charge is -2.08. The van der Waals surface area contributed by atoms with Crippen molar-refractivity contribution in [1.29, 1.82) is 0 Å². The molecule has 0 aliphatic carbocycles. The molecule has 1 aromatic carbocycles. The lowest BCUT2D eigenvalue weighted by atomic mass is 10.1. The van der Waals surface area contributed by atoms with Gasteiger partial charge in [0.1, 0.15) is 10.8 Å². The number of nitrogens with zero attached hydrogens (tertiary/aromatic N) is 2. The summed E-state index contributed by atoms with van der Waals surface area (Å²) in [5.74, 6) is 1.54. The van der Waals surface area contributed by atoms with Crippen LogP contribution in [0.25, 0.3) is 0 Å². The minimum Gasteiger partial charge on any atom is -0.437 e. The smallest absolute Gasteiger partial charge is 0.243 e. The first-order valence-electron chi connectivity index (χ1n) is 6.20. The van der Waals surface area contributed by atoms with Gasteiger partial charge < -0.3 is 10.1 Å². The van der Waals surface area contributed by atoms with Crippen molar-refractivity contribution in [3.8, 4) is 11.6 Å². The van der Waals surface area contributed by atoms with Crippen LogP contribution in [0.4, 0.5) is 5.95 Å². The molecule has 0 saturated carbocycles. The average molecular weight is 278 g/mol. The Labute approximate surface area is 117 Å². The molecule has 0 spiro atoms. The fourth-order valence-corrected chi connectivity index (χ4v) is 1.80. The van der Waals surface area contributed by atoms with E-state index in [1.807, 2.05) is 24.3 Å². The Kier molecular flexibility index (Phi) is 4.58. The van der Waals surface area contributed by atoms with Gasteiger partial charge in [-0.05, 0) is 24.1 Å². The number of anilines is 1. The molecule has 1 aromatic heterocycles. The number of ether oxygens (including phenoxy) is 1. The van der Waals surface area contributed by atoms with Gasteiger partial charge in [0.2, 0.25) is 11.8 Å². The Morgan fingerprint density at radius 3 is 2.63 bits per heavy atom. The quantitative estimate of drug-likeness (QED) is 0.900. The maximum atomic E-state index is 6.01.